The topological polar surface area (TPSA) is 85.1 Å². The summed E-state index contributed by atoms with van der Waals surface area (Å²) in [6, 6.07) is 1.98. The van der Waals surface area contributed by atoms with Crippen LogP contribution in [0.15, 0.2) is 24.7 Å². The Hall–Kier alpha value is -1.71. The molecule has 2 aromatic heterocycles. The fraction of sp³-hybridized carbons (Fsp3) is 0.571. The summed E-state index contributed by atoms with van der Waals surface area (Å²) in [6.45, 7) is 4.32. The lowest BCUT2D eigenvalue weighted by Gasteiger charge is -2.33. The van der Waals surface area contributed by atoms with Gasteiger partial charge >= 0.3 is 0 Å². The number of nitrogens with one attached hydrogen (secondary N) is 1. The second-order valence-electron chi connectivity index (χ2n) is 5.86. The van der Waals surface area contributed by atoms with Crippen molar-refractivity contribution in [2.24, 2.45) is 7.05 Å². The SMILES string of the molecule is CCS(=O)(=O)NC[C@H]1CN(Cc2cnn(C)c2)Cc2ccnn21. The van der Waals surface area contributed by atoms with Crippen LogP contribution in [0, 0.1) is 0 Å². The lowest BCUT2D eigenvalue weighted by molar-refractivity contribution is 0.168. The highest BCUT2D eigenvalue weighted by molar-refractivity contribution is 7.89. The summed E-state index contributed by atoms with van der Waals surface area (Å²) in [6.07, 6.45) is 5.63. The van der Waals surface area contributed by atoms with E-state index >= 15 is 0 Å². The Bertz CT molecular complexity index is 766. The van der Waals surface area contributed by atoms with E-state index in [0.717, 1.165) is 30.9 Å². The van der Waals surface area contributed by atoms with Crippen molar-refractivity contribution < 1.29 is 8.42 Å². The van der Waals surface area contributed by atoms with E-state index in [0.29, 0.717) is 6.54 Å². The smallest absolute Gasteiger partial charge is 0.211 e. The minimum absolute atomic E-state index is 0.00764. The van der Waals surface area contributed by atoms with E-state index < -0.39 is 10.0 Å². The zero-order valence-corrected chi connectivity index (χ0v) is 14.2. The molecule has 0 radical (unpaired) electrons. The van der Waals surface area contributed by atoms with Crippen molar-refractivity contribution in [2.75, 3.05) is 18.8 Å². The zero-order chi connectivity index (χ0) is 16.4. The second kappa shape index (κ2) is 6.42. The molecule has 3 heterocycles. The first kappa shape index (κ1) is 16.2. The fourth-order valence-electron chi connectivity index (χ4n) is 2.87. The Morgan fingerprint density at radius 3 is 2.91 bits per heavy atom. The molecule has 0 aliphatic carbocycles. The van der Waals surface area contributed by atoms with Gasteiger partial charge in [-0.15, -0.1) is 0 Å². The fourth-order valence-corrected chi connectivity index (χ4v) is 3.52. The predicted octanol–water partition coefficient (Wildman–Crippen LogP) is 0.113. The summed E-state index contributed by atoms with van der Waals surface area (Å²) in [5.74, 6) is 0.0884. The van der Waals surface area contributed by atoms with Crippen LogP contribution < -0.4 is 4.72 Å². The molecule has 3 rings (SSSR count). The van der Waals surface area contributed by atoms with Crippen molar-refractivity contribution in [3.05, 3.63) is 35.9 Å². The van der Waals surface area contributed by atoms with Gasteiger partial charge in [0.1, 0.15) is 0 Å². The number of aromatic nitrogens is 4. The first-order valence-electron chi connectivity index (χ1n) is 7.66. The highest BCUT2D eigenvalue weighted by atomic mass is 32.2. The third-order valence-corrected chi connectivity index (χ3v) is 5.40. The highest BCUT2D eigenvalue weighted by Gasteiger charge is 2.26. The molecule has 1 N–H and O–H groups in total. The Kier molecular flexibility index (Phi) is 4.51. The van der Waals surface area contributed by atoms with Crippen molar-refractivity contribution in [3.8, 4) is 0 Å². The Balaban J connectivity index is 1.72. The number of hydrogen-bond acceptors (Lipinski definition) is 5. The number of hydrogen-bond donors (Lipinski definition) is 1. The summed E-state index contributed by atoms with van der Waals surface area (Å²) in [5, 5.41) is 8.54. The first-order chi connectivity index (χ1) is 11.0. The molecule has 1 aliphatic rings. The molecule has 0 saturated carbocycles. The Morgan fingerprint density at radius 2 is 2.22 bits per heavy atom. The van der Waals surface area contributed by atoms with Crippen LogP contribution in [0.1, 0.15) is 24.2 Å². The number of sulfonamides is 1. The molecule has 0 fully saturated rings. The minimum Gasteiger partial charge on any atom is -0.291 e. The molecule has 9 heteroatoms. The third-order valence-electron chi connectivity index (χ3n) is 4.04. The van der Waals surface area contributed by atoms with Gasteiger partial charge in [-0.05, 0) is 13.0 Å². The molecule has 0 amide bonds. The van der Waals surface area contributed by atoms with Crippen molar-refractivity contribution in [1.82, 2.24) is 29.2 Å². The van der Waals surface area contributed by atoms with Crippen LogP contribution in [0.3, 0.4) is 0 Å². The maximum absolute atomic E-state index is 11.7. The van der Waals surface area contributed by atoms with Crippen LogP contribution in [0.4, 0.5) is 0 Å². The lowest BCUT2D eigenvalue weighted by Crippen LogP contribution is -2.42. The summed E-state index contributed by atoms with van der Waals surface area (Å²) in [4.78, 5) is 2.29. The van der Waals surface area contributed by atoms with Crippen LogP contribution in [0.2, 0.25) is 0 Å². The van der Waals surface area contributed by atoms with Gasteiger partial charge < -0.3 is 0 Å². The van der Waals surface area contributed by atoms with E-state index in [9.17, 15) is 8.42 Å². The van der Waals surface area contributed by atoms with Crippen LogP contribution in [-0.4, -0.2) is 51.7 Å². The summed E-state index contributed by atoms with van der Waals surface area (Å²) < 4.78 is 29.8. The molecule has 1 atom stereocenters. The minimum atomic E-state index is -3.20. The van der Waals surface area contributed by atoms with Gasteiger partial charge in [0.25, 0.3) is 0 Å². The van der Waals surface area contributed by atoms with E-state index in [4.69, 9.17) is 0 Å². The van der Waals surface area contributed by atoms with Gasteiger partial charge in [0.15, 0.2) is 0 Å². The zero-order valence-electron chi connectivity index (χ0n) is 13.4. The molecule has 126 valence electrons. The summed E-state index contributed by atoms with van der Waals surface area (Å²) in [7, 11) is -1.30. The highest BCUT2D eigenvalue weighted by Crippen LogP contribution is 2.21. The molecule has 0 saturated heterocycles. The quantitative estimate of drug-likeness (QED) is 0.808. The number of fused-ring (bicyclic) bond motifs is 1. The summed E-state index contributed by atoms with van der Waals surface area (Å²) in [5.41, 5.74) is 2.24. The van der Waals surface area contributed by atoms with Gasteiger partial charge in [-0.3, -0.25) is 14.3 Å². The monoisotopic (exact) mass is 338 g/mol. The third kappa shape index (κ3) is 3.80. The molecule has 8 nitrogen and oxygen atoms in total. The lowest BCUT2D eigenvalue weighted by atomic mass is 10.1. The summed E-state index contributed by atoms with van der Waals surface area (Å²) >= 11 is 0. The van der Waals surface area contributed by atoms with Gasteiger partial charge in [0.05, 0.1) is 23.7 Å². The Morgan fingerprint density at radius 1 is 1.39 bits per heavy atom. The average Bonchev–Trinajstić information content (AvgIpc) is 3.14. The van der Waals surface area contributed by atoms with E-state index in [1.165, 1.54) is 0 Å². The number of aryl methyl sites for hydroxylation is 1. The average molecular weight is 338 g/mol. The molecule has 1 aliphatic heterocycles. The molecule has 0 aromatic carbocycles. The van der Waals surface area contributed by atoms with Gasteiger partial charge in [0.2, 0.25) is 10.0 Å². The maximum atomic E-state index is 11.7. The molecule has 0 spiro atoms. The molecule has 0 bridgehead atoms. The van der Waals surface area contributed by atoms with Crippen LogP contribution in [0.5, 0.6) is 0 Å². The normalized spacial score (nSPS) is 19.0. The standard InChI is InChI=1S/C14H22N6O2S/c1-3-23(21,22)17-7-14-11-19(9-12-6-16-18(2)8-12)10-13-4-5-15-20(13)14/h4-6,8,14,17H,3,7,9-11H2,1-2H3/t14-/m0/s1. The van der Waals surface area contributed by atoms with Gasteiger partial charge in [-0.2, -0.15) is 10.2 Å². The Labute approximate surface area is 136 Å². The van der Waals surface area contributed by atoms with Crippen LogP contribution in [-0.2, 0) is 30.2 Å². The molecule has 23 heavy (non-hydrogen) atoms. The molecule has 2 aromatic rings. The van der Waals surface area contributed by atoms with Crippen molar-refractivity contribution in [3.63, 3.8) is 0 Å². The van der Waals surface area contributed by atoms with Gasteiger partial charge in [-0.1, -0.05) is 0 Å². The largest absolute Gasteiger partial charge is 0.291 e. The predicted molar refractivity (Wildman–Crippen MR) is 86.0 cm³/mol. The molecular formula is C14H22N6O2S. The van der Waals surface area contributed by atoms with Crippen LogP contribution >= 0.6 is 0 Å². The van der Waals surface area contributed by atoms with Crippen LogP contribution in [0.25, 0.3) is 0 Å². The molecule has 0 unspecified atom stereocenters. The van der Waals surface area contributed by atoms with Gasteiger partial charge in [0, 0.05) is 51.2 Å². The van der Waals surface area contributed by atoms with E-state index in [2.05, 4.69) is 19.8 Å². The number of rotatable bonds is 6. The second-order valence-corrected chi connectivity index (χ2v) is 7.96. The van der Waals surface area contributed by atoms with Crippen molar-refractivity contribution in [2.45, 2.75) is 26.1 Å². The maximum Gasteiger partial charge on any atom is 0.211 e. The first-order valence-corrected chi connectivity index (χ1v) is 9.31. The van der Waals surface area contributed by atoms with Crippen molar-refractivity contribution >= 4 is 10.0 Å². The van der Waals surface area contributed by atoms with E-state index in [1.54, 1.807) is 17.8 Å². The number of nitrogens with zero attached hydrogens (tertiary/aromatic N) is 5. The van der Waals surface area contributed by atoms with E-state index in [1.807, 2.05) is 30.2 Å². The van der Waals surface area contributed by atoms with Gasteiger partial charge in [-0.25, -0.2) is 13.1 Å². The van der Waals surface area contributed by atoms with Crippen molar-refractivity contribution in [1.29, 1.82) is 0 Å². The molecular weight excluding hydrogens is 316 g/mol. The van der Waals surface area contributed by atoms with E-state index in [-0.39, 0.29) is 11.8 Å².